The van der Waals surface area contributed by atoms with Gasteiger partial charge in [-0.1, -0.05) is 0 Å². The number of non-ortho nitro benzene ring substituents is 2. The predicted molar refractivity (Wildman–Crippen MR) is 158 cm³/mol. The highest BCUT2D eigenvalue weighted by atomic mass is 32.1. The number of hydrogen-bond acceptors (Lipinski definition) is 11. The first-order chi connectivity index (χ1) is 20.9. The molecule has 3 amide bonds. The number of nitrogens with one attached hydrogen (secondary N) is 1. The van der Waals surface area contributed by atoms with Gasteiger partial charge in [0.15, 0.2) is 5.96 Å². The molecular formula is C27H31N7O9S. The average Bonchev–Trinajstić information content (AvgIpc) is 3.40. The van der Waals surface area contributed by atoms with Gasteiger partial charge in [0, 0.05) is 55.2 Å². The standard InChI is InChI=1S/C27H31N7O9S/c28-25(29)32(27(37)43-16-18-3-7-21(8-4-18)34(40)41)19-9-11-30(12-10-19)24(35)23-13-22(44)14-31(23)26(36)42-15-17-1-5-20(6-2-17)33(38)39/h1-8,19,22-23,44H,9-16H2,(H3,28,29)/t22-,23-/m0/s1. The van der Waals surface area contributed by atoms with Gasteiger partial charge in [-0.15, -0.1) is 0 Å². The van der Waals surface area contributed by atoms with Crippen LogP contribution in [-0.4, -0.2) is 85.6 Å². The smallest absolute Gasteiger partial charge is 0.417 e. The number of thiol groups is 1. The molecule has 2 fully saturated rings. The molecular weight excluding hydrogens is 598 g/mol. The highest BCUT2D eigenvalue weighted by molar-refractivity contribution is 7.81. The van der Waals surface area contributed by atoms with Crippen molar-refractivity contribution in [3.8, 4) is 0 Å². The lowest BCUT2D eigenvalue weighted by Crippen LogP contribution is -2.55. The summed E-state index contributed by atoms with van der Waals surface area (Å²) in [7, 11) is 0. The van der Waals surface area contributed by atoms with Crippen molar-refractivity contribution in [3.63, 3.8) is 0 Å². The zero-order valence-corrected chi connectivity index (χ0v) is 24.3. The quantitative estimate of drug-likeness (QED) is 0.127. The Morgan fingerprint density at radius 1 is 0.932 bits per heavy atom. The van der Waals surface area contributed by atoms with Crippen molar-refractivity contribution in [1.82, 2.24) is 14.7 Å². The molecule has 16 nitrogen and oxygen atoms in total. The number of hydrogen-bond donors (Lipinski definition) is 3. The number of carbonyl (C=O) groups is 3. The summed E-state index contributed by atoms with van der Waals surface area (Å²) in [4.78, 5) is 63.7. The minimum absolute atomic E-state index is 0.0856. The third kappa shape index (κ3) is 7.71. The van der Waals surface area contributed by atoms with Crippen LogP contribution in [0.5, 0.6) is 0 Å². The maximum absolute atomic E-state index is 13.5. The molecule has 3 N–H and O–H groups in total. The molecule has 2 saturated heterocycles. The van der Waals surface area contributed by atoms with Gasteiger partial charge in [-0.25, -0.2) is 14.5 Å². The Labute approximate surface area is 256 Å². The fourth-order valence-electron chi connectivity index (χ4n) is 5.12. The van der Waals surface area contributed by atoms with Crippen LogP contribution in [0.2, 0.25) is 0 Å². The number of amides is 3. The molecule has 0 spiro atoms. The minimum Gasteiger partial charge on any atom is -0.445 e. The Kier molecular flexibility index (Phi) is 10.2. The summed E-state index contributed by atoms with van der Waals surface area (Å²) in [6.45, 7) is 0.372. The van der Waals surface area contributed by atoms with Crippen molar-refractivity contribution < 1.29 is 33.7 Å². The Balaban J connectivity index is 1.30. The van der Waals surface area contributed by atoms with Gasteiger partial charge >= 0.3 is 12.2 Å². The number of nitrogens with zero attached hydrogens (tertiary/aromatic N) is 5. The second-order valence-electron chi connectivity index (χ2n) is 10.3. The van der Waals surface area contributed by atoms with Crippen molar-refractivity contribution in [2.24, 2.45) is 5.73 Å². The number of likely N-dealkylation sites (tertiary alicyclic amines) is 2. The zero-order valence-electron chi connectivity index (χ0n) is 23.4. The maximum Gasteiger partial charge on any atom is 0.417 e. The van der Waals surface area contributed by atoms with E-state index in [1.807, 2.05) is 0 Å². The number of carbonyl (C=O) groups excluding carboxylic acids is 3. The fourth-order valence-corrected chi connectivity index (χ4v) is 5.49. The number of nitrogens with two attached hydrogens (primary N) is 1. The van der Waals surface area contributed by atoms with Crippen LogP contribution in [0, 0.1) is 25.6 Å². The number of ether oxygens (including phenoxy) is 2. The van der Waals surface area contributed by atoms with Crippen LogP contribution >= 0.6 is 12.6 Å². The molecule has 2 aromatic carbocycles. The first-order valence-corrected chi connectivity index (χ1v) is 14.1. The number of benzene rings is 2. The normalized spacial score (nSPS) is 18.4. The van der Waals surface area contributed by atoms with E-state index in [0.29, 0.717) is 30.4 Å². The number of nitro groups is 2. The van der Waals surface area contributed by atoms with Gasteiger partial charge in [-0.3, -0.25) is 35.3 Å². The van der Waals surface area contributed by atoms with Crippen LogP contribution in [0.25, 0.3) is 0 Å². The van der Waals surface area contributed by atoms with Crippen molar-refractivity contribution in [2.45, 2.75) is 49.8 Å². The number of nitro benzene ring substituents is 2. The summed E-state index contributed by atoms with van der Waals surface area (Å²) < 4.78 is 10.7. The van der Waals surface area contributed by atoms with Gasteiger partial charge < -0.3 is 20.1 Å². The summed E-state index contributed by atoms with van der Waals surface area (Å²) in [5, 5.41) is 29.3. The molecule has 0 aliphatic carbocycles. The fraction of sp³-hybridized carbons (Fsp3) is 0.407. The molecule has 2 aliphatic rings. The van der Waals surface area contributed by atoms with Crippen molar-refractivity contribution in [2.75, 3.05) is 19.6 Å². The highest BCUT2D eigenvalue weighted by Gasteiger charge is 2.42. The van der Waals surface area contributed by atoms with E-state index in [1.54, 1.807) is 4.90 Å². The van der Waals surface area contributed by atoms with E-state index in [2.05, 4.69) is 12.6 Å². The van der Waals surface area contributed by atoms with Crippen LogP contribution < -0.4 is 5.73 Å². The second kappa shape index (κ2) is 14.0. The Hall–Kier alpha value is -4.93. The molecule has 17 heteroatoms. The van der Waals surface area contributed by atoms with E-state index in [-0.39, 0.29) is 55.4 Å². The van der Waals surface area contributed by atoms with Gasteiger partial charge in [-0.2, -0.15) is 12.6 Å². The molecule has 44 heavy (non-hydrogen) atoms. The summed E-state index contributed by atoms with van der Waals surface area (Å²) in [6.07, 6.45) is -0.620. The van der Waals surface area contributed by atoms with Crippen molar-refractivity contribution >= 4 is 48.1 Å². The van der Waals surface area contributed by atoms with E-state index >= 15 is 0 Å². The summed E-state index contributed by atoms with van der Waals surface area (Å²) >= 11 is 4.47. The molecule has 0 saturated carbocycles. The topological polar surface area (TPSA) is 216 Å². The highest BCUT2D eigenvalue weighted by Crippen LogP contribution is 2.27. The van der Waals surface area contributed by atoms with Crippen molar-refractivity contribution in [1.29, 1.82) is 5.41 Å². The Bertz CT molecular complexity index is 1420. The lowest BCUT2D eigenvalue weighted by atomic mass is 10.0. The lowest BCUT2D eigenvalue weighted by molar-refractivity contribution is -0.385. The van der Waals surface area contributed by atoms with Gasteiger partial charge in [0.05, 0.1) is 9.85 Å². The van der Waals surface area contributed by atoms with E-state index in [4.69, 9.17) is 20.6 Å². The molecule has 2 aliphatic heterocycles. The minimum atomic E-state index is -0.851. The Morgan fingerprint density at radius 3 is 1.91 bits per heavy atom. The first-order valence-electron chi connectivity index (χ1n) is 13.6. The second-order valence-corrected chi connectivity index (χ2v) is 11.1. The zero-order chi connectivity index (χ0) is 32.0. The molecule has 2 heterocycles. The first kappa shape index (κ1) is 32.0. The third-order valence-corrected chi connectivity index (χ3v) is 7.79. The van der Waals surface area contributed by atoms with Gasteiger partial charge in [0.2, 0.25) is 5.91 Å². The van der Waals surface area contributed by atoms with Crippen LogP contribution in [0.15, 0.2) is 48.5 Å². The van der Waals surface area contributed by atoms with Gasteiger partial charge in [0.1, 0.15) is 19.3 Å². The van der Waals surface area contributed by atoms with E-state index in [1.165, 1.54) is 53.4 Å². The summed E-state index contributed by atoms with van der Waals surface area (Å²) in [5.41, 5.74) is 6.58. The summed E-state index contributed by atoms with van der Waals surface area (Å²) in [6, 6.07) is 9.78. The Morgan fingerprint density at radius 2 is 1.43 bits per heavy atom. The van der Waals surface area contributed by atoms with Gasteiger partial charge in [-0.05, 0) is 54.7 Å². The van der Waals surface area contributed by atoms with E-state index in [9.17, 15) is 34.6 Å². The molecule has 2 atom stereocenters. The molecule has 234 valence electrons. The lowest BCUT2D eigenvalue weighted by Gasteiger charge is -2.38. The molecule has 0 radical (unpaired) electrons. The van der Waals surface area contributed by atoms with Crippen LogP contribution in [0.1, 0.15) is 30.4 Å². The largest absolute Gasteiger partial charge is 0.445 e. The molecule has 0 unspecified atom stereocenters. The van der Waals surface area contributed by atoms with Gasteiger partial charge in [0.25, 0.3) is 11.4 Å². The summed E-state index contributed by atoms with van der Waals surface area (Å²) in [5.74, 6) is -0.804. The van der Waals surface area contributed by atoms with E-state index < -0.39 is 40.1 Å². The van der Waals surface area contributed by atoms with Crippen LogP contribution in [0.4, 0.5) is 21.0 Å². The third-order valence-electron chi connectivity index (χ3n) is 7.42. The van der Waals surface area contributed by atoms with Crippen molar-refractivity contribution in [3.05, 3.63) is 79.9 Å². The SMILES string of the molecule is N=C(N)N(C(=O)OCc1ccc([N+](=O)[O-])cc1)C1CCN(C(=O)[C@@H]2C[C@H](S)CN2C(=O)OCc2ccc([N+](=O)[O-])cc2)CC1. The predicted octanol–water partition coefficient (Wildman–Crippen LogP) is 3.04. The molecule has 0 bridgehead atoms. The molecule has 4 rings (SSSR count). The monoisotopic (exact) mass is 629 g/mol. The molecule has 0 aromatic heterocycles. The van der Waals surface area contributed by atoms with Crippen LogP contribution in [0.3, 0.4) is 0 Å². The van der Waals surface area contributed by atoms with E-state index in [0.717, 1.165) is 4.90 Å². The van der Waals surface area contributed by atoms with Crippen LogP contribution in [-0.2, 0) is 27.5 Å². The number of guanidine groups is 1. The number of rotatable bonds is 8. The maximum atomic E-state index is 13.5. The number of piperidine rings is 1. The average molecular weight is 630 g/mol. The molecule has 2 aromatic rings.